The largest absolute Gasteiger partial charge is 0.371 e. The van der Waals surface area contributed by atoms with Crippen molar-refractivity contribution in [3.05, 3.63) is 69.5 Å². The summed E-state index contributed by atoms with van der Waals surface area (Å²) >= 11 is 1.32. The minimum Gasteiger partial charge on any atom is -0.371 e. The number of allylic oxidation sites excluding steroid dienone is 1. The first-order valence-electron chi connectivity index (χ1n) is 8.07. The lowest BCUT2D eigenvalue weighted by atomic mass is 10.0. The summed E-state index contributed by atoms with van der Waals surface area (Å²) in [7, 11) is 0. The number of halogens is 1. The summed E-state index contributed by atoms with van der Waals surface area (Å²) in [6.07, 6.45) is 6.86. The van der Waals surface area contributed by atoms with Crippen molar-refractivity contribution in [3.8, 4) is 11.8 Å². The van der Waals surface area contributed by atoms with Gasteiger partial charge in [0.15, 0.2) is 11.4 Å². The van der Waals surface area contributed by atoms with Crippen LogP contribution in [0.15, 0.2) is 36.1 Å². The molecule has 1 aliphatic carbocycles. The predicted molar refractivity (Wildman–Crippen MR) is 100.0 cm³/mol. The first-order valence-corrected chi connectivity index (χ1v) is 8.95. The molecule has 3 N–H and O–H groups in total. The molecule has 3 heterocycles. The third kappa shape index (κ3) is 3.30. The van der Waals surface area contributed by atoms with E-state index in [2.05, 4.69) is 31.8 Å². The van der Waals surface area contributed by atoms with Gasteiger partial charge in [0.25, 0.3) is 0 Å². The number of pyridine rings is 1. The van der Waals surface area contributed by atoms with E-state index in [-0.39, 0.29) is 11.6 Å². The van der Waals surface area contributed by atoms with Crippen LogP contribution in [0.2, 0.25) is 0 Å². The summed E-state index contributed by atoms with van der Waals surface area (Å²) in [5, 5.41) is 12.8. The highest BCUT2D eigenvalue weighted by Gasteiger charge is 2.24. The molecule has 0 bridgehead atoms. The second-order valence-corrected chi connectivity index (χ2v) is 7.03. The van der Waals surface area contributed by atoms with Crippen LogP contribution in [-0.4, -0.2) is 25.0 Å². The van der Waals surface area contributed by atoms with Gasteiger partial charge in [-0.2, -0.15) is 0 Å². The maximum atomic E-state index is 14.2. The van der Waals surface area contributed by atoms with Gasteiger partial charge in [-0.3, -0.25) is 0 Å². The van der Waals surface area contributed by atoms with E-state index in [9.17, 15) is 9.50 Å². The van der Waals surface area contributed by atoms with Crippen molar-refractivity contribution in [2.45, 2.75) is 18.9 Å². The van der Waals surface area contributed by atoms with Crippen LogP contribution in [0.1, 0.15) is 34.4 Å². The molecule has 3 aromatic heterocycles. The van der Waals surface area contributed by atoms with Gasteiger partial charge in [0.2, 0.25) is 5.95 Å². The average molecular weight is 379 g/mol. The molecule has 0 spiro atoms. The number of nitrogens with zero attached hydrogens (tertiary/aromatic N) is 4. The monoisotopic (exact) mass is 379 g/mol. The van der Waals surface area contributed by atoms with Crippen molar-refractivity contribution in [3.63, 3.8) is 0 Å². The molecule has 1 atom stereocenters. The third-order valence-corrected chi connectivity index (χ3v) is 5.09. The Morgan fingerprint density at radius 1 is 1.30 bits per heavy atom. The first kappa shape index (κ1) is 17.3. The van der Waals surface area contributed by atoms with Crippen LogP contribution in [0.25, 0.3) is 5.57 Å². The Balaban J connectivity index is 1.70. The van der Waals surface area contributed by atoms with Gasteiger partial charge in [-0.15, -0.1) is 11.3 Å². The zero-order chi connectivity index (χ0) is 19.0. The minimum absolute atomic E-state index is 0.00863. The molecule has 0 fully saturated rings. The van der Waals surface area contributed by atoms with Gasteiger partial charge >= 0.3 is 0 Å². The fourth-order valence-electron chi connectivity index (χ4n) is 2.78. The summed E-state index contributed by atoms with van der Waals surface area (Å²) in [4.78, 5) is 16.1. The Kier molecular flexibility index (Phi) is 4.18. The van der Waals surface area contributed by atoms with E-state index < -0.39 is 11.4 Å². The Hall–Kier alpha value is -3.15. The standard InChI is InChI=1S/C19H14FN5OS/c1-19(26,17-22-6-7-27-17)5-4-12-8-14-11(9-23-12)2-3-13(14)16-15(20)10-24-18(21)25-16/h3,6-10,26H,2H2,1H3,(H2,21,24,25). The topological polar surface area (TPSA) is 97.8 Å². The molecule has 1 aliphatic rings. The molecule has 0 saturated heterocycles. The molecule has 6 nitrogen and oxygen atoms in total. The summed E-state index contributed by atoms with van der Waals surface area (Å²) in [6, 6.07) is 1.76. The maximum absolute atomic E-state index is 14.2. The number of rotatable bonds is 2. The number of nitrogen functional groups attached to an aromatic ring is 1. The minimum atomic E-state index is -1.37. The second-order valence-electron chi connectivity index (χ2n) is 6.13. The number of fused-ring (bicyclic) bond motifs is 1. The third-order valence-electron chi connectivity index (χ3n) is 4.10. The van der Waals surface area contributed by atoms with Crippen molar-refractivity contribution in [1.29, 1.82) is 0 Å². The van der Waals surface area contributed by atoms with Crippen molar-refractivity contribution in [1.82, 2.24) is 19.9 Å². The molecular formula is C19H14FN5OS. The van der Waals surface area contributed by atoms with Crippen LogP contribution in [0.3, 0.4) is 0 Å². The van der Waals surface area contributed by atoms with E-state index in [0.717, 1.165) is 17.3 Å². The van der Waals surface area contributed by atoms with Gasteiger partial charge in [-0.25, -0.2) is 24.3 Å². The summed E-state index contributed by atoms with van der Waals surface area (Å²) in [5.74, 6) is 5.14. The lowest BCUT2D eigenvalue weighted by Crippen LogP contribution is -2.18. The van der Waals surface area contributed by atoms with Crippen LogP contribution < -0.4 is 5.73 Å². The van der Waals surface area contributed by atoms with Crippen molar-refractivity contribution >= 4 is 22.9 Å². The first-order chi connectivity index (χ1) is 12.9. The lowest BCUT2D eigenvalue weighted by Gasteiger charge is -2.12. The van der Waals surface area contributed by atoms with Gasteiger partial charge in [0.1, 0.15) is 16.4 Å². The SMILES string of the molecule is CC(O)(C#Cc1cc2c(cn1)CC=C2c1nc(N)ncc1F)c1nccs1. The Morgan fingerprint density at radius 2 is 2.15 bits per heavy atom. The summed E-state index contributed by atoms with van der Waals surface area (Å²) < 4.78 is 14.2. The van der Waals surface area contributed by atoms with Crippen LogP contribution >= 0.6 is 11.3 Å². The van der Waals surface area contributed by atoms with Gasteiger partial charge in [0, 0.05) is 23.3 Å². The van der Waals surface area contributed by atoms with E-state index in [4.69, 9.17) is 5.73 Å². The normalized spacial score (nSPS) is 14.7. The van der Waals surface area contributed by atoms with Crippen molar-refractivity contribution < 1.29 is 9.50 Å². The van der Waals surface area contributed by atoms with Crippen LogP contribution in [-0.2, 0) is 12.0 Å². The zero-order valence-corrected chi connectivity index (χ0v) is 15.1. The summed E-state index contributed by atoms with van der Waals surface area (Å²) in [6.45, 7) is 1.58. The zero-order valence-electron chi connectivity index (χ0n) is 14.3. The van der Waals surface area contributed by atoms with E-state index in [1.807, 2.05) is 6.08 Å². The van der Waals surface area contributed by atoms with E-state index >= 15 is 0 Å². The van der Waals surface area contributed by atoms with E-state index in [1.54, 1.807) is 30.8 Å². The second kappa shape index (κ2) is 6.54. The molecule has 27 heavy (non-hydrogen) atoms. The fraction of sp³-hybridized carbons (Fsp3) is 0.158. The van der Waals surface area contributed by atoms with Gasteiger partial charge in [-0.1, -0.05) is 12.0 Å². The molecule has 4 rings (SSSR count). The Morgan fingerprint density at radius 3 is 2.93 bits per heavy atom. The highest BCUT2D eigenvalue weighted by atomic mass is 32.1. The molecule has 134 valence electrons. The van der Waals surface area contributed by atoms with Crippen LogP contribution in [0.5, 0.6) is 0 Å². The number of anilines is 1. The molecular weight excluding hydrogens is 365 g/mol. The number of hydrogen-bond acceptors (Lipinski definition) is 7. The highest BCUT2D eigenvalue weighted by molar-refractivity contribution is 7.09. The Labute approximate surface area is 158 Å². The lowest BCUT2D eigenvalue weighted by molar-refractivity contribution is 0.122. The van der Waals surface area contributed by atoms with Gasteiger partial charge in [-0.05, 0) is 36.5 Å². The average Bonchev–Trinajstić information content (AvgIpc) is 3.32. The van der Waals surface area contributed by atoms with Crippen molar-refractivity contribution in [2.75, 3.05) is 5.73 Å². The van der Waals surface area contributed by atoms with E-state index in [0.29, 0.717) is 22.7 Å². The fourth-order valence-corrected chi connectivity index (χ4v) is 3.44. The molecule has 0 saturated carbocycles. The number of hydrogen-bond donors (Lipinski definition) is 2. The number of thiazole rings is 1. The molecule has 0 radical (unpaired) electrons. The summed E-state index contributed by atoms with van der Waals surface area (Å²) in [5.41, 5.74) is 7.21. The van der Waals surface area contributed by atoms with Crippen LogP contribution in [0.4, 0.5) is 10.3 Å². The maximum Gasteiger partial charge on any atom is 0.220 e. The number of aliphatic hydroxyl groups is 1. The smallest absolute Gasteiger partial charge is 0.220 e. The Bertz CT molecular complexity index is 1110. The molecule has 0 amide bonds. The highest BCUT2D eigenvalue weighted by Crippen LogP contribution is 2.33. The number of nitrogens with two attached hydrogens (primary N) is 1. The van der Waals surface area contributed by atoms with Crippen LogP contribution in [0, 0.1) is 17.7 Å². The quantitative estimate of drug-likeness (QED) is 0.663. The molecule has 3 aromatic rings. The molecule has 0 aliphatic heterocycles. The predicted octanol–water partition coefficient (Wildman–Crippen LogP) is 2.30. The molecule has 1 unspecified atom stereocenters. The van der Waals surface area contributed by atoms with Gasteiger partial charge < -0.3 is 10.8 Å². The molecule has 0 aromatic carbocycles. The molecule has 8 heteroatoms. The van der Waals surface area contributed by atoms with Crippen molar-refractivity contribution in [2.24, 2.45) is 0 Å². The number of aromatic nitrogens is 4. The van der Waals surface area contributed by atoms with Gasteiger partial charge in [0.05, 0.1) is 6.20 Å². The van der Waals surface area contributed by atoms with E-state index in [1.165, 1.54) is 11.3 Å².